The third-order valence-corrected chi connectivity index (χ3v) is 4.22. The fourth-order valence-electron chi connectivity index (χ4n) is 1.95. The lowest BCUT2D eigenvalue weighted by Gasteiger charge is -2.35. The molecular formula is C10H24N2Si. The van der Waals surface area contributed by atoms with Gasteiger partial charge in [0.05, 0.1) is 15.7 Å². The van der Waals surface area contributed by atoms with Crippen molar-refractivity contribution in [2.45, 2.75) is 25.6 Å². The van der Waals surface area contributed by atoms with Gasteiger partial charge in [-0.2, -0.15) is 0 Å². The predicted octanol–water partition coefficient (Wildman–Crippen LogP) is 0.946. The minimum atomic E-state index is -0.0613. The van der Waals surface area contributed by atoms with Gasteiger partial charge in [0.1, 0.15) is 0 Å². The van der Waals surface area contributed by atoms with Crippen LogP contribution in [0.4, 0.5) is 0 Å². The quantitative estimate of drug-likeness (QED) is 0.481. The lowest BCUT2D eigenvalue weighted by Crippen LogP contribution is -2.44. The van der Waals surface area contributed by atoms with Crippen molar-refractivity contribution in [1.29, 1.82) is 0 Å². The van der Waals surface area contributed by atoms with Crippen LogP contribution < -0.4 is 0 Å². The van der Waals surface area contributed by atoms with Gasteiger partial charge < -0.3 is 0 Å². The van der Waals surface area contributed by atoms with Crippen molar-refractivity contribution < 1.29 is 0 Å². The topological polar surface area (TPSA) is 6.48 Å². The van der Waals surface area contributed by atoms with Crippen LogP contribution in [0.25, 0.3) is 0 Å². The van der Waals surface area contributed by atoms with Crippen LogP contribution in [-0.4, -0.2) is 53.7 Å². The molecule has 0 amide bonds. The van der Waals surface area contributed by atoms with Crippen molar-refractivity contribution in [1.82, 2.24) is 9.80 Å². The molecule has 0 aromatic heterocycles. The van der Waals surface area contributed by atoms with Crippen LogP contribution in [0.1, 0.15) is 13.8 Å². The molecule has 78 valence electrons. The zero-order chi connectivity index (χ0) is 10.4. The predicted molar refractivity (Wildman–Crippen MR) is 63.9 cm³/mol. The van der Waals surface area contributed by atoms with E-state index >= 15 is 0 Å². The molecule has 0 bridgehead atoms. The molecule has 0 aliphatic heterocycles. The van der Waals surface area contributed by atoms with Crippen LogP contribution in [0.2, 0.25) is 5.54 Å². The molecule has 2 nitrogen and oxygen atoms in total. The van der Waals surface area contributed by atoms with Crippen LogP contribution in [0.15, 0.2) is 11.8 Å². The smallest absolute Gasteiger partial charge is 0.0612 e. The monoisotopic (exact) mass is 200 g/mol. The van der Waals surface area contributed by atoms with Crippen LogP contribution in [0, 0.1) is 0 Å². The van der Waals surface area contributed by atoms with Gasteiger partial charge in [-0.05, 0) is 40.7 Å². The Balaban J connectivity index is 4.19. The van der Waals surface area contributed by atoms with Crippen molar-refractivity contribution in [2.75, 3.05) is 28.2 Å². The van der Waals surface area contributed by atoms with Gasteiger partial charge >= 0.3 is 0 Å². The summed E-state index contributed by atoms with van der Waals surface area (Å²) >= 11 is 0. The molecule has 0 saturated heterocycles. The van der Waals surface area contributed by atoms with Crippen molar-refractivity contribution in [2.24, 2.45) is 0 Å². The van der Waals surface area contributed by atoms with Gasteiger partial charge in [-0.15, -0.1) is 5.70 Å². The Morgan fingerprint density at radius 2 is 1.54 bits per heavy atom. The minimum Gasteiger partial charge on any atom is -0.294 e. The Labute approximate surface area is 85.4 Å². The first-order valence-corrected chi connectivity index (χ1v) is 6.58. The molecule has 0 radical (unpaired) electrons. The average molecular weight is 200 g/mol. The van der Waals surface area contributed by atoms with E-state index in [2.05, 4.69) is 63.6 Å². The number of hydrogen-bond acceptors (Lipinski definition) is 2. The third kappa shape index (κ3) is 4.60. The molecule has 0 rings (SSSR count). The van der Waals surface area contributed by atoms with Gasteiger partial charge in [-0.25, -0.2) is 0 Å². The Bertz CT molecular complexity index is 147. The normalized spacial score (nSPS) is 16.1. The van der Waals surface area contributed by atoms with Crippen molar-refractivity contribution >= 4 is 9.52 Å². The van der Waals surface area contributed by atoms with Gasteiger partial charge in [0.15, 0.2) is 0 Å². The highest BCUT2D eigenvalue weighted by atomic mass is 28.2. The molecule has 13 heavy (non-hydrogen) atoms. The Morgan fingerprint density at radius 1 is 1.08 bits per heavy atom. The van der Waals surface area contributed by atoms with Crippen LogP contribution in [-0.2, 0) is 0 Å². The number of rotatable bonds is 5. The fraction of sp³-hybridized carbons (Fsp3) is 0.800. The van der Waals surface area contributed by atoms with Crippen LogP contribution in [0.5, 0.6) is 0 Å². The number of nitrogens with zero attached hydrogens (tertiary/aromatic N) is 2. The molecular weight excluding hydrogens is 176 g/mol. The molecule has 0 aliphatic carbocycles. The summed E-state index contributed by atoms with van der Waals surface area (Å²) in [5.74, 6) is 0. The zero-order valence-corrected chi connectivity index (χ0v) is 11.3. The lowest BCUT2D eigenvalue weighted by atomic mass is 10.3. The highest BCUT2D eigenvalue weighted by Gasteiger charge is 2.20. The minimum absolute atomic E-state index is 0.0613. The first-order chi connectivity index (χ1) is 6.00. The molecule has 0 fully saturated rings. The highest BCUT2D eigenvalue weighted by Crippen LogP contribution is 2.15. The van der Waals surface area contributed by atoms with Gasteiger partial charge in [0, 0.05) is 0 Å². The van der Waals surface area contributed by atoms with Crippen LogP contribution in [0.3, 0.4) is 0 Å². The zero-order valence-electron chi connectivity index (χ0n) is 9.91. The lowest BCUT2D eigenvalue weighted by molar-refractivity contribution is 0.125. The van der Waals surface area contributed by atoms with Crippen LogP contribution >= 0.6 is 0 Å². The molecule has 3 heteroatoms. The largest absolute Gasteiger partial charge is 0.294 e. The first kappa shape index (κ1) is 12.9. The maximum absolute atomic E-state index is 2.38. The molecule has 0 N–H and O–H groups in total. The molecule has 1 atom stereocenters. The summed E-state index contributed by atoms with van der Waals surface area (Å²) in [6.45, 7) is 4.47. The molecule has 0 aromatic rings. The highest BCUT2D eigenvalue weighted by molar-refractivity contribution is 6.44. The van der Waals surface area contributed by atoms with Crippen molar-refractivity contribution in [3.05, 3.63) is 11.8 Å². The first-order valence-electron chi connectivity index (χ1n) is 4.94. The van der Waals surface area contributed by atoms with E-state index in [0.717, 1.165) is 5.54 Å². The summed E-state index contributed by atoms with van der Waals surface area (Å²) in [6.07, 6.45) is 2.77. The molecule has 0 saturated carbocycles. The van der Waals surface area contributed by atoms with E-state index in [1.54, 1.807) is 0 Å². The SMILES string of the molecule is CC=C[SiH2]C(C)C(N(C)C)N(C)C. The summed E-state index contributed by atoms with van der Waals surface area (Å²) in [5.41, 5.74) is 3.19. The Hall–Kier alpha value is -0.123. The Kier molecular flexibility index (Phi) is 6.29. The molecule has 1 unspecified atom stereocenters. The van der Waals surface area contributed by atoms with E-state index in [4.69, 9.17) is 0 Å². The van der Waals surface area contributed by atoms with E-state index in [0.29, 0.717) is 6.17 Å². The van der Waals surface area contributed by atoms with E-state index < -0.39 is 0 Å². The summed E-state index contributed by atoms with van der Waals surface area (Å²) in [7, 11) is 8.57. The summed E-state index contributed by atoms with van der Waals surface area (Å²) in [5, 5.41) is 0. The van der Waals surface area contributed by atoms with E-state index in [1.165, 1.54) is 0 Å². The molecule has 0 heterocycles. The fourth-order valence-corrected chi connectivity index (χ4v) is 3.74. The second-order valence-corrected chi connectivity index (χ2v) is 6.35. The molecule has 0 spiro atoms. The van der Waals surface area contributed by atoms with E-state index in [-0.39, 0.29) is 9.52 Å². The average Bonchev–Trinajstić information content (AvgIpc) is 1.99. The van der Waals surface area contributed by atoms with E-state index in [9.17, 15) is 0 Å². The summed E-state index contributed by atoms with van der Waals surface area (Å²) in [6, 6.07) is 0. The summed E-state index contributed by atoms with van der Waals surface area (Å²) in [4.78, 5) is 4.61. The van der Waals surface area contributed by atoms with Gasteiger partial charge in [-0.3, -0.25) is 9.80 Å². The van der Waals surface area contributed by atoms with E-state index in [1.807, 2.05) is 0 Å². The maximum atomic E-state index is 2.38. The molecule has 0 aliphatic rings. The Morgan fingerprint density at radius 3 is 1.85 bits per heavy atom. The number of hydrogen-bond donors (Lipinski definition) is 0. The third-order valence-electron chi connectivity index (χ3n) is 2.31. The summed E-state index contributed by atoms with van der Waals surface area (Å²) < 4.78 is 0. The maximum Gasteiger partial charge on any atom is 0.0612 e. The molecule has 0 aromatic carbocycles. The van der Waals surface area contributed by atoms with Gasteiger partial charge in [-0.1, -0.05) is 13.0 Å². The standard InChI is InChI=1S/C10H24N2Si/c1-7-8-13-9(2)10(11(3)4)12(5)6/h7-10H,13H2,1-6H3. The van der Waals surface area contributed by atoms with Crippen molar-refractivity contribution in [3.63, 3.8) is 0 Å². The van der Waals surface area contributed by atoms with Gasteiger partial charge in [0.25, 0.3) is 0 Å². The second kappa shape index (κ2) is 6.35. The van der Waals surface area contributed by atoms with Gasteiger partial charge in [0.2, 0.25) is 0 Å². The second-order valence-electron chi connectivity index (χ2n) is 4.12. The number of allylic oxidation sites excluding steroid dienone is 1. The van der Waals surface area contributed by atoms with Crippen molar-refractivity contribution in [3.8, 4) is 0 Å².